The van der Waals surface area contributed by atoms with E-state index in [2.05, 4.69) is 43.4 Å². The average Bonchev–Trinajstić information content (AvgIpc) is 2.68. The molecule has 0 aliphatic carbocycles. The van der Waals surface area contributed by atoms with Crippen molar-refractivity contribution in [3.63, 3.8) is 0 Å². The number of hydrogen-bond acceptors (Lipinski definition) is 3. The summed E-state index contributed by atoms with van der Waals surface area (Å²) in [6.07, 6.45) is 2.00. The van der Waals surface area contributed by atoms with Gasteiger partial charge in [0.2, 0.25) is 5.91 Å². The number of rotatable bonds is 6. The first-order valence-electron chi connectivity index (χ1n) is 10.3. The third-order valence-electron chi connectivity index (χ3n) is 4.86. The van der Waals surface area contributed by atoms with Crippen LogP contribution in [-0.2, 0) is 16.6 Å². The van der Waals surface area contributed by atoms with Crippen molar-refractivity contribution >= 4 is 22.9 Å². The lowest BCUT2D eigenvalue weighted by Gasteiger charge is -2.19. The van der Waals surface area contributed by atoms with Crippen molar-refractivity contribution in [1.82, 2.24) is 5.43 Å². The van der Waals surface area contributed by atoms with Crippen LogP contribution in [0.1, 0.15) is 51.3 Å². The lowest BCUT2D eigenvalue weighted by molar-refractivity contribution is -0.120. The quantitative estimate of drug-likeness (QED) is 0.430. The number of benzene rings is 3. The molecule has 3 aromatic carbocycles. The average molecular weight is 403 g/mol. The molecule has 4 heteroatoms. The Kier molecular flexibility index (Phi) is 6.56. The fourth-order valence-corrected chi connectivity index (χ4v) is 3.28. The Bertz CT molecular complexity index is 1040. The number of fused-ring (bicyclic) bond motifs is 1. The van der Waals surface area contributed by atoms with E-state index in [1.807, 2.05) is 62.4 Å². The molecule has 0 unspecified atom stereocenters. The lowest BCUT2D eigenvalue weighted by Crippen LogP contribution is -2.20. The van der Waals surface area contributed by atoms with Gasteiger partial charge in [-0.25, -0.2) is 5.43 Å². The molecule has 0 aliphatic heterocycles. The summed E-state index contributed by atoms with van der Waals surface area (Å²) in [7, 11) is 0. The van der Waals surface area contributed by atoms with Crippen LogP contribution in [0, 0.1) is 0 Å². The smallest absolute Gasteiger partial charge is 0.244 e. The van der Waals surface area contributed by atoms with Gasteiger partial charge >= 0.3 is 0 Å². The van der Waals surface area contributed by atoms with E-state index in [9.17, 15) is 4.79 Å². The molecule has 3 aromatic rings. The van der Waals surface area contributed by atoms with Crippen LogP contribution in [0.25, 0.3) is 10.8 Å². The summed E-state index contributed by atoms with van der Waals surface area (Å²) in [6, 6.07) is 20.2. The summed E-state index contributed by atoms with van der Waals surface area (Å²) in [4.78, 5) is 12.4. The predicted molar refractivity (Wildman–Crippen MR) is 124 cm³/mol. The van der Waals surface area contributed by atoms with Crippen LogP contribution in [-0.4, -0.2) is 18.2 Å². The minimum Gasteiger partial charge on any atom is -0.490 e. The van der Waals surface area contributed by atoms with Gasteiger partial charge in [0.1, 0.15) is 5.75 Å². The van der Waals surface area contributed by atoms with Gasteiger partial charge in [-0.2, -0.15) is 5.10 Å². The lowest BCUT2D eigenvalue weighted by atomic mass is 9.86. The van der Waals surface area contributed by atoms with Crippen molar-refractivity contribution < 1.29 is 9.53 Å². The zero-order chi connectivity index (χ0) is 21.7. The van der Waals surface area contributed by atoms with E-state index >= 15 is 0 Å². The highest BCUT2D eigenvalue weighted by molar-refractivity contribution is 6.02. The second-order valence-corrected chi connectivity index (χ2v) is 8.78. The summed E-state index contributed by atoms with van der Waals surface area (Å²) < 4.78 is 5.94. The molecule has 4 nitrogen and oxygen atoms in total. The van der Waals surface area contributed by atoms with Crippen molar-refractivity contribution in [2.75, 3.05) is 0 Å². The Morgan fingerprint density at radius 2 is 1.73 bits per heavy atom. The van der Waals surface area contributed by atoms with Crippen molar-refractivity contribution in [3.8, 4) is 5.75 Å². The molecule has 1 amide bonds. The van der Waals surface area contributed by atoms with Crippen LogP contribution in [0.5, 0.6) is 5.75 Å². The molecule has 0 aliphatic rings. The van der Waals surface area contributed by atoms with Gasteiger partial charge in [0.15, 0.2) is 0 Å². The van der Waals surface area contributed by atoms with E-state index in [1.54, 1.807) is 6.21 Å². The number of carbonyl (C=O) groups excluding carboxylic acids is 1. The van der Waals surface area contributed by atoms with Gasteiger partial charge in [0, 0.05) is 5.56 Å². The molecule has 0 radical (unpaired) electrons. The minimum atomic E-state index is -0.152. The third kappa shape index (κ3) is 5.47. The van der Waals surface area contributed by atoms with Crippen molar-refractivity contribution in [1.29, 1.82) is 0 Å². The fourth-order valence-electron chi connectivity index (χ4n) is 3.28. The largest absolute Gasteiger partial charge is 0.490 e. The number of amides is 1. The van der Waals surface area contributed by atoms with E-state index in [0.29, 0.717) is 0 Å². The normalized spacial score (nSPS) is 11.9. The Hall–Kier alpha value is -3.14. The second kappa shape index (κ2) is 9.12. The van der Waals surface area contributed by atoms with Gasteiger partial charge in [-0.15, -0.1) is 0 Å². The monoisotopic (exact) mass is 402 g/mol. The number of carbonyl (C=O) groups is 1. The zero-order valence-electron chi connectivity index (χ0n) is 18.4. The highest BCUT2D eigenvalue weighted by Gasteiger charge is 2.13. The molecule has 156 valence electrons. The van der Waals surface area contributed by atoms with E-state index in [4.69, 9.17) is 4.74 Å². The predicted octanol–water partition coefficient (Wildman–Crippen LogP) is 5.62. The van der Waals surface area contributed by atoms with Crippen molar-refractivity contribution in [2.24, 2.45) is 5.10 Å². The highest BCUT2D eigenvalue weighted by Crippen LogP contribution is 2.27. The van der Waals surface area contributed by atoms with E-state index in [0.717, 1.165) is 27.6 Å². The first kappa shape index (κ1) is 21.6. The standard InChI is InChI=1S/C26H30N2O2/c1-18(2)30-24-15-12-20-8-6-7-9-22(20)23(24)17-27-28-25(29)16-19-10-13-21(14-11-19)26(3,4)5/h6-15,17-18H,16H2,1-5H3,(H,28,29)/b27-17-. The van der Waals surface area contributed by atoms with Crippen LogP contribution in [0.3, 0.4) is 0 Å². The molecule has 0 saturated heterocycles. The third-order valence-corrected chi connectivity index (χ3v) is 4.86. The number of ether oxygens (including phenoxy) is 1. The zero-order valence-corrected chi connectivity index (χ0v) is 18.4. The summed E-state index contributed by atoms with van der Waals surface area (Å²) in [5.41, 5.74) is 5.81. The molecular formula is C26H30N2O2. The van der Waals surface area contributed by atoms with Crippen molar-refractivity contribution in [3.05, 3.63) is 77.4 Å². The molecule has 0 heterocycles. The maximum Gasteiger partial charge on any atom is 0.244 e. The van der Waals surface area contributed by atoms with Crippen LogP contribution in [0.15, 0.2) is 65.8 Å². The summed E-state index contributed by atoms with van der Waals surface area (Å²) >= 11 is 0. The van der Waals surface area contributed by atoms with Crippen LogP contribution in [0.2, 0.25) is 0 Å². The number of hydrogen-bond donors (Lipinski definition) is 1. The van der Waals surface area contributed by atoms with Gasteiger partial charge in [0.05, 0.1) is 18.7 Å². The molecular weight excluding hydrogens is 372 g/mol. The van der Waals surface area contributed by atoms with Gasteiger partial charge in [0.25, 0.3) is 0 Å². The number of hydrazone groups is 1. The minimum absolute atomic E-state index is 0.0453. The van der Waals surface area contributed by atoms with Crippen LogP contribution >= 0.6 is 0 Å². The summed E-state index contributed by atoms with van der Waals surface area (Å²) in [6.45, 7) is 10.5. The fraction of sp³-hybridized carbons (Fsp3) is 0.308. The maximum atomic E-state index is 12.4. The SMILES string of the molecule is CC(C)Oc1ccc2ccccc2c1/C=N\NC(=O)Cc1ccc(C(C)(C)C)cc1. The van der Waals surface area contributed by atoms with E-state index in [-0.39, 0.29) is 23.8 Å². The van der Waals surface area contributed by atoms with E-state index < -0.39 is 0 Å². The molecule has 0 saturated carbocycles. The van der Waals surface area contributed by atoms with Crippen molar-refractivity contribution in [2.45, 2.75) is 52.6 Å². The maximum absolute atomic E-state index is 12.4. The Balaban J connectivity index is 1.73. The second-order valence-electron chi connectivity index (χ2n) is 8.78. The Labute approximate surface area is 179 Å². The number of nitrogens with one attached hydrogen (secondary N) is 1. The summed E-state index contributed by atoms with van der Waals surface area (Å²) in [5, 5.41) is 6.34. The van der Waals surface area contributed by atoms with Gasteiger partial charge < -0.3 is 4.74 Å². The number of nitrogens with zero attached hydrogens (tertiary/aromatic N) is 1. The first-order chi connectivity index (χ1) is 14.2. The molecule has 0 spiro atoms. The Morgan fingerprint density at radius 3 is 2.40 bits per heavy atom. The van der Waals surface area contributed by atoms with E-state index in [1.165, 1.54) is 5.56 Å². The first-order valence-corrected chi connectivity index (χ1v) is 10.3. The molecule has 0 fully saturated rings. The Morgan fingerprint density at radius 1 is 1.03 bits per heavy atom. The molecule has 0 bridgehead atoms. The molecule has 3 rings (SSSR count). The van der Waals surface area contributed by atoms with Gasteiger partial charge in [-0.1, -0.05) is 75.4 Å². The highest BCUT2D eigenvalue weighted by atomic mass is 16.5. The summed E-state index contributed by atoms with van der Waals surface area (Å²) in [5.74, 6) is 0.598. The molecule has 0 aromatic heterocycles. The molecule has 1 N–H and O–H groups in total. The topological polar surface area (TPSA) is 50.7 Å². The molecule has 30 heavy (non-hydrogen) atoms. The van der Waals surface area contributed by atoms with Crippen LogP contribution < -0.4 is 10.2 Å². The van der Waals surface area contributed by atoms with Gasteiger partial charge in [-0.05, 0) is 47.2 Å². The molecule has 0 atom stereocenters. The van der Waals surface area contributed by atoms with Crippen LogP contribution in [0.4, 0.5) is 0 Å². The van der Waals surface area contributed by atoms with Gasteiger partial charge in [-0.3, -0.25) is 4.79 Å².